The van der Waals surface area contributed by atoms with Gasteiger partial charge < -0.3 is 25.2 Å². The van der Waals surface area contributed by atoms with Crippen LogP contribution in [0.25, 0.3) is 10.4 Å². The summed E-state index contributed by atoms with van der Waals surface area (Å²) in [5.41, 5.74) is 2.66. The second kappa shape index (κ2) is 9.16. The SMILES string of the molecule is OCC1OC(c2ccc(Cl)c(Cc3ccc(-c4ccccc4)s3)c2)[C@H](O)C(O)[C@@H]1O. The molecular weight excluding hydrogens is 424 g/mol. The number of ether oxygens (including phenoxy) is 1. The third-order valence-electron chi connectivity index (χ3n) is 5.38. The van der Waals surface area contributed by atoms with Gasteiger partial charge in [0.2, 0.25) is 0 Å². The molecule has 4 rings (SSSR count). The Morgan fingerprint density at radius 2 is 1.67 bits per heavy atom. The van der Waals surface area contributed by atoms with Crippen molar-refractivity contribution in [3.8, 4) is 10.4 Å². The Hall–Kier alpha value is -1.77. The molecule has 2 aromatic carbocycles. The molecule has 5 nitrogen and oxygen atoms in total. The predicted octanol–water partition coefficient (Wildman–Crippen LogP) is 3.17. The largest absolute Gasteiger partial charge is 0.394 e. The normalized spacial score (nSPS) is 26.6. The Bertz CT molecular complexity index is 990. The fraction of sp³-hybridized carbons (Fsp3) is 0.304. The van der Waals surface area contributed by atoms with Gasteiger partial charge in [0.05, 0.1) is 6.61 Å². The van der Waals surface area contributed by atoms with Crippen molar-refractivity contribution in [1.82, 2.24) is 0 Å². The summed E-state index contributed by atoms with van der Waals surface area (Å²) in [6.07, 6.45) is -5.32. The van der Waals surface area contributed by atoms with Crippen LogP contribution in [0.2, 0.25) is 5.02 Å². The molecule has 30 heavy (non-hydrogen) atoms. The molecule has 7 heteroatoms. The Morgan fingerprint density at radius 1 is 0.900 bits per heavy atom. The fourth-order valence-corrected chi connectivity index (χ4v) is 4.92. The molecule has 0 bridgehead atoms. The van der Waals surface area contributed by atoms with E-state index in [1.54, 1.807) is 23.5 Å². The van der Waals surface area contributed by atoms with Crippen molar-refractivity contribution in [2.24, 2.45) is 0 Å². The number of hydrogen-bond acceptors (Lipinski definition) is 6. The van der Waals surface area contributed by atoms with E-state index in [0.29, 0.717) is 17.0 Å². The van der Waals surface area contributed by atoms with E-state index >= 15 is 0 Å². The number of benzene rings is 2. The smallest absolute Gasteiger partial charge is 0.113 e. The van der Waals surface area contributed by atoms with Gasteiger partial charge in [0, 0.05) is 21.2 Å². The third-order valence-corrected chi connectivity index (χ3v) is 6.88. The summed E-state index contributed by atoms with van der Waals surface area (Å²) >= 11 is 8.12. The van der Waals surface area contributed by atoms with Crippen molar-refractivity contribution in [2.45, 2.75) is 36.9 Å². The van der Waals surface area contributed by atoms with Crippen LogP contribution in [0.1, 0.15) is 22.1 Å². The lowest BCUT2D eigenvalue weighted by molar-refractivity contribution is -0.231. The molecular formula is C23H23ClO5S. The third kappa shape index (κ3) is 4.31. The highest BCUT2D eigenvalue weighted by Gasteiger charge is 2.44. The van der Waals surface area contributed by atoms with Crippen molar-refractivity contribution in [2.75, 3.05) is 6.61 Å². The quantitative estimate of drug-likeness (QED) is 0.483. The summed E-state index contributed by atoms with van der Waals surface area (Å²) in [5, 5.41) is 40.5. The van der Waals surface area contributed by atoms with Crippen LogP contribution in [0.5, 0.6) is 0 Å². The van der Waals surface area contributed by atoms with Gasteiger partial charge in [-0.15, -0.1) is 11.3 Å². The van der Waals surface area contributed by atoms with Crippen LogP contribution in [0.4, 0.5) is 0 Å². The molecule has 2 heterocycles. The molecule has 0 radical (unpaired) electrons. The molecule has 1 fully saturated rings. The van der Waals surface area contributed by atoms with Gasteiger partial charge in [-0.2, -0.15) is 0 Å². The first-order valence-corrected chi connectivity index (χ1v) is 10.9. The number of hydrogen-bond donors (Lipinski definition) is 4. The van der Waals surface area contributed by atoms with Crippen molar-refractivity contribution >= 4 is 22.9 Å². The maximum atomic E-state index is 10.4. The highest BCUT2D eigenvalue weighted by atomic mass is 35.5. The van der Waals surface area contributed by atoms with E-state index in [-0.39, 0.29) is 0 Å². The lowest BCUT2D eigenvalue weighted by Gasteiger charge is -2.40. The Kier molecular flexibility index (Phi) is 6.55. The predicted molar refractivity (Wildman–Crippen MR) is 117 cm³/mol. The summed E-state index contributed by atoms with van der Waals surface area (Å²) in [5.74, 6) is 0. The monoisotopic (exact) mass is 446 g/mol. The Balaban J connectivity index is 1.57. The molecule has 158 valence electrons. The van der Waals surface area contributed by atoms with Gasteiger partial charge in [-0.3, -0.25) is 0 Å². The zero-order valence-corrected chi connectivity index (χ0v) is 17.6. The van der Waals surface area contributed by atoms with E-state index in [1.165, 1.54) is 4.88 Å². The maximum Gasteiger partial charge on any atom is 0.113 e. The molecule has 1 aliphatic rings. The molecule has 5 atom stereocenters. The second-order valence-corrected chi connectivity index (χ2v) is 8.98. The number of aliphatic hydroxyl groups is 4. The van der Waals surface area contributed by atoms with Gasteiger partial charge >= 0.3 is 0 Å². The lowest BCUT2D eigenvalue weighted by atomic mass is 9.90. The Labute approximate surface area is 183 Å². The van der Waals surface area contributed by atoms with Crippen LogP contribution in [0.3, 0.4) is 0 Å². The molecule has 3 aromatic rings. The Morgan fingerprint density at radius 3 is 2.40 bits per heavy atom. The van der Waals surface area contributed by atoms with E-state index in [9.17, 15) is 20.4 Å². The highest BCUT2D eigenvalue weighted by Crippen LogP contribution is 2.35. The van der Waals surface area contributed by atoms with E-state index in [4.69, 9.17) is 16.3 Å². The van der Waals surface area contributed by atoms with Crippen molar-refractivity contribution in [3.05, 3.63) is 81.7 Å². The summed E-state index contributed by atoms with van der Waals surface area (Å²) in [7, 11) is 0. The molecule has 1 aromatic heterocycles. The zero-order valence-electron chi connectivity index (χ0n) is 16.1. The minimum absolute atomic E-state index is 0.459. The van der Waals surface area contributed by atoms with Crippen LogP contribution in [0.15, 0.2) is 60.7 Å². The molecule has 1 aliphatic heterocycles. The maximum absolute atomic E-state index is 10.4. The summed E-state index contributed by atoms with van der Waals surface area (Å²) < 4.78 is 5.67. The van der Waals surface area contributed by atoms with E-state index < -0.39 is 37.1 Å². The van der Waals surface area contributed by atoms with Crippen LogP contribution >= 0.6 is 22.9 Å². The minimum Gasteiger partial charge on any atom is -0.394 e. The molecule has 3 unspecified atom stereocenters. The summed E-state index contributed by atoms with van der Waals surface area (Å²) in [6.45, 7) is -0.459. The van der Waals surface area contributed by atoms with Crippen LogP contribution < -0.4 is 0 Å². The lowest BCUT2D eigenvalue weighted by Crippen LogP contribution is -2.55. The summed E-state index contributed by atoms with van der Waals surface area (Å²) in [4.78, 5) is 2.31. The van der Waals surface area contributed by atoms with Crippen LogP contribution in [-0.4, -0.2) is 51.4 Å². The number of rotatable bonds is 5. The number of thiophene rings is 1. The second-order valence-electron chi connectivity index (χ2n) is 7.41. The highest BCUT2D eigenvalue weighted by molar-refractivity contribution is 7.15. The first kappa shape index (κ1) is 21.5. The van der Waals surface area contributed by atoms with E-state index in [0.717, 1.165) is 16.0 Å². The molecule has 1 saturated heterocycles. The van der Waals surface area contributed by atoms with Crippen LogP contribution in [-0.2, 0) is 11.2 Å². The van der Waals surface area contributed by atoms with Gasteiger partial charge in [0.1, 0.15) is 30.5 Å². The van der Waals surface area contributed by atoms with E-state index in [1.807, 2.05) is 24.3 Å². The van der Waals surface area contributed by atoms with Crippen molar-refractivity contribution in [3.63, 3.8) is 0 Å². The van der Waals surface area contributed by atoms with Gasteiger partial charge in [0.25, 0.3) is 0 Å². The van der Waals surface area contributed by atoms with E-state index in [2.05, 4.69) is 24.3 Å². The van der Waals surface area contributed by atoms with Crippen LogP contribution in [0, 0.1) is 0 Å². The number of aliphatic hydroxyl groups excluding tert-OH is 4. The average Bonchev–Trinajstić information content (AvgIpc) is 3.23. The van der Waals surface area contributed by atoms with Crippen molar-refractivity contribution in [1.29, 1.82) is 0 Å². The molecule has 0 saturated carbocycles. The first-order chi connectivity index (χ1) is 14.5. The van der Waals surface area contributed by atoms with Gasteiger partial charge in [-0.05, 0) is 34.9 Å². The molecule has 0 aliphatic carbocycles. The molecule has 0 spiro atoms. The fourth-order valence-electron chi connectivity index (χ4n) is 3.70. The van der Waals surface area contributed by atoms with Gasteiger partial charge in [-0.1, -0.05) is 54.1 Å². The molecule has 4 N–H and O–H groups in total. The minimum atomic E-state index is -1.41. The molecule has 0 amide bonds. The standard InChI is InChI=1S/C23H23ClO5S/c24-17-8-6-14(23-22(28)21(27)20(26)18(12-25)29-23)10-15(17)11-16-7-9-19(30-16)13-4-2-1-3-5-13/h1-10,18,20-23,25-28H,11-12H2/t18?,20-,21?,22-,23?/m1/s1. The topological polar surface area (TPSA) is 90.2 Å². The average molecular weight is 447 g/mol. The van der Waals surface area contributed by atoms with Gasteiger partial charge in [0.15, 0.2) is 0 Å². The number of halogens is 1. The first-order valence-electron chi connectivity index (χ1n) is 9.71. The van der Waals surface area contributed by atoms with Crippen molar-refractivity contribution < 1.29 is 25.2 Å². The van der Waals surface area contributed by atoms with Gasteiger partial charge in [-0.25, -0.2) is 0 Å². The zero-order chi connectivity index (χ0) is 21.3. The summed E-state index contributed by atoms with van der Waals surface area (Å²) in [6, 6.07) is 19.6.